The molecule has 1 unspecified atom stereocenters. The van der Waals surface area contributed by atoms with E-state index in [0.29, 0.717) is 6.04 Å². The van der Waals surface area contributed by atoms with Crippen molar-refractivity contribution in [1.82, 2.24) is 0 Å². The Kier molecular flexibility index (Phi) is 6.58. The Morgan fingerprint density at radius 1 is 1.31 bits per heavy atom. The van der Waals surface area contributed by atoms with Gasteiger partial charge in [0.25, 0.3) is 0 Å². The third-order valence-electron chi connectivity index (χ3n) is 2.55. The van der Waals surface area contributed by atoms with E-state index in [-0.39, 0.29) is 0 Å². The van der Waals surface area contributed by atoms with Gasteiger partial charge in [-0.1, -0.05) is 36.2 Å². The monoisotopic (exact) mass is 237 g/mol. The van der Waals surface area contributed by atoms with Crippen LogP contribution >= 0.6 is 11.8 Å². The van der Waals surface area contributed by atoms with E-state index >= 15 is 0 Å². The van der Waals surface area contributed by atoms with E-state index in [2.05, 4.69) is 38.1 Å². The molecule has 1 aromatic rings. The van der Waals surface area contributed by atoms with Crippen molar-refractivity contribution >= 4 is 11.8 Å². The summed E-state index contributed by atoms with van der Waals surface area (Å²) in [5.41, 5.74) is 8.51. The highest BCUT2D eigenvalue weighted by Crippen LogP contribution is 2.15. The molecule has 0 radical (unpaired) electrons. The molecule has 0 saturated heterocycles. The minimum Gasteiger partial charge on any atom is -0.328 e. The van der Waals surface area contributed by atoms with Crippen LogP contribution < -0.4 is 5.73 Å². The summed E-state index contributed by atoms with van der Waals surface area (Å²) in [6.45, 7) is 4.23. The minimum absolute atomic E-state index is 0.363. The fourth-order valence-corrected chi connectivity index (χ4v) is 2.63. The van der Waals surface area contributed by atoms with E-state index in [1.807, 2.05) is 11.8 Å². The van der Waals surface area contributed by atoms with Crippen LogP contribution in [0.25, 0.3) is 0 Å². The summed E-state index contributed by atoms with van der Waals surface area (Å²) in [6, 6.07) is 9.14. The summed E-state index contributed by atoms with van der Waals surface area (Å²) in [6.07, 6.45) is 3.71. The Morgan fingerprint density at radius 3 is 2.81 bits per heavy atom. The standard InChI is InChI=1S/C14H23NS/c1-12-6-5-8-14(10-12)11-16-9-4-3-7-13(2)15/h5-6,8,10,13H,3-4,7,9,11,15H2,1-2H3. The molecule has 0 bridgehead atoms. The molecule has 0 fully saturated rings. The molecule has 16 heavy (non-hydrogen) atoms. The number of hydrogen-bond donors (Lipinski definition) is 1. The van der Waals surface area contributed by atoms with Gasteiger partial charge in [0.15, 0.2) is 0 Å². The van der Waals surface area contributed by atoms with Gasteiger partial charge in [-0.05, 0) is 38.0 Å². The minimum atomic E-state index is 0.363. The lowest BCUT2D eigenvalue weighted by atomic mass is 10.2. The Balaban J connectivity index is 2.07. The van der Waals surface area contributed by atoms with Crippen molar-refractivity contribution in [3.05, 3.63) is 35.4 Å². The van der Waals surface area contributed by atoms with Crippen molar-refractivity contribution in [1.29, 1.82) is 0 Å². The first-order valence-electron chi connectivity index (χ1n) is 6.07. The van der Waals surface area contributed by atoms with E-state index in [1.54, 1.807) is 0 Å². The molecule has 0 heterocycles. The molecule has 2 heteroatoms. The number of hydrogen-bond acceptors (Lipinski definition) is 2. The first-order valence-corrected chi connectivity index (χ1v) is 7.23. The number of nitrogens with two attached hydrogens (primary N) is 1. The predicted octanol–water partition coefficient (Wildman–Crippen LogP) is 3.75. The number of benzene rings is 1. The second-order valence-electron chi connectivity index (χ2n) is 4.51. The van der Waals surface area contributed by atoms with Gasteiger partial charge in [-0.15, -0.1) is 0 Å². The molecule has 0 saturated carbocycles. The fraction of sp³-hybridized carbons (Fsp3) is 0.571. The average Bonchev–Trinajstić information content (AvgIpc) is 2.23. The van der Waals surface area contributed by atoms with E-state index in [9.17, 15) is 0 Å². The Bertz CT molecular complexity index is 297. The molecule has 2 N–H and O–H groups in total. The van der Waals surface area contributed by atoms with Gasteiger partial charge in [0.05, 0.1) is 0 Å². The van der Waals surface area contributed by atoms with Crippen LogP contribution in [-0.2, 0) is 5.75 Å². The summed E-state index contributed by atoms with van der Waals surface area (Å²) >= 11 is 2.03. The van der Waals surface area contributed by atoms with Crippen LogP contribution in [0.4, 0.5) is 0 Å². The average molecular weight is 237 g/mol. The van der Waals surface area contributed by atoms with Gasteiger partial charge >= 0.3 is 0 Å². The maximum atomic E-state index is 5.71. The topological polar surface area (TPSA) is 26.0 Å². The van der Waals surface area contributed by atoms with Crippen LogP contribution in [0.5, 0.6) is 0 Å². The molecule has 0 aliphatic heterocycles. The van der Waals surface area contributed by atoms with E-state index in [4.69, 9.17) is 5.73 Å². The summed E-state index contributed by atoms with van der Waals surface area (Å²) < 4.78 is 0. The third kappa shape index (κ3) is 6.19. The van der Waals surface area contributed by atoms with Crippen molar-refractivity contribution in [3.8, 4) is 0 Å². The van der Waals surface area contributed by atoms with Gasteiger partial charge < -0.3 is 5.73 Å². The highest BCUT2D eigenvalue weighted by Gasteiger charge is 1.96. The smallest absolute Gasteiger partial charge is 0.0184 e. The van der Waals surface area contributed by atoms with E-state index < -0.39 is 0 Å². The lowest BCUT2D eigenvalue weighted by molar-refractivity contribution is 0.618. The molecule has 0 aliphatic carbocycles. The normalized spacial score (nSPS) is 12.7. The molecule has 0 aliphatic rings. The van der Waals surface area contributed by atoms with Crippen molar-refractivity contribution in [2.45, 2.75) is 44.9 Å². The number of aryl methyl sites for hydroxylation is 1. The maximum absolute atomic E-state index is 5.71. The zero-order valence-corrected chi connectivity index (χ0v) is 11.2. The van der Waals surface area contributed by atoms with Gasteiger partial charge in [-0.2, -0.15) is 11.8 Å². The van der Waals surface area contributed by atoms with E-state index in [1.165, 1.54) is 29.7 Å². The summed E-state index contributed by atoms with van der Waals surface area (Å²) in [4.78, 5) is 0. The Hall–Kier alpha value is -0.470. The second kappa shape index (κ2) is 7.75. The molecular formula is C14H23NS. The largest absolute Gasteiger partial charge is 0.328 e. The summed E-state index contributed by atoms with van der Waals surface area (Å²) in [5.74, 6) is 2.39. The van der Waals surface area contributed by atoms with Crippen LogP contribution in [0.15, 0.2) is 24.3 Å². The van der Waals surface area contributed by atoms with Crippen LogP contribution in [0.3, 0.4) is 0 Å². The van der Waals surface area contributed by atoms with Crippen LogP contribution in [0.1, 0.15) is 37.3 Å². The molecule has 0 aromatic heterocycles. The molecule has 90 valence electrons. The fourth-order valence-electron chi connectivity index (χ4n) is 1.66. The van der Waals surface area contributed by atoms with Crippen molar-refractivity contribution in [2.24, 2.45) is 5.73 Å². The molecular weight excluding hydrogens is 214 g/mol. The Labute approximate surface area is 104 Å². The van der Waals surface area contributed by atoms with Crippen molar-refractivity contribution < 1.29 is 0 Å². The zero-order chi connectivity index (χ0) is 11.8. The zero-order valence-electron chi connectivity index (χ0n) is 10.4. The van der Waals surface area contributed by atoms with Gasteiger partial charge in [0.2, 0.25) is 0 Å². The number of unbranched alkanes of at least 4 members (excludes halogenated alkanes) is 1. The first kappa shape index (κ1) is 13.6. The lowest BCUT2D eigenvalue weighted by Crippen LogP contribution is -2.14. The van der Waals surface area contributed by atoms with Crippen molar-refractivity contribution in [3.63, 3.8) is 0 Å². The molecule has 0 amide bonds. The lowest BCUT2D eigenvalue weighted by Gasteiger charge is -2.05. The molecule has 1 nitrogen and oxygen atoms in total. The highest BCUT2D eigenvalue weighted by molar-refractivity contribution is 7.98. The number of thioether (sulfide) groups is 1. The highest BCUT2D eigenvalue weighted by atomic mass is 32.2. The third-order valence-corrected chi connectivity index (χ3v) is 3.66. The Morgan fingerprint density at radius 2 is 2.12 bits per heavy atom. The molecule has 1 rings (SSSR count). The van der Waals surface area contributed by atoms with E-state index in [0.717, 1.165) is 12.2 Å². The quantitative estimate of drug-likeness (QED) is 0.731. The summed E-state index contributed by atoms with van der Waals surface area (Å²) in [5, 5.41) is 0. The second-order valence-corrected chi connectivity index (χ2v) is 5.62. The van der Waals surface area contributed by atoms with Gasteiger partial charge in [0, 0.05) is 11.8 Å². The van der Waals surface area contributed by atoms with Gasteiger partial charge in [-0.3, -0.25) is 0 Å². The predicted molar refractivity (Wildman–Crippen MR) is 74.8 cm³/mol. The van der Waals surface area contributed by atoms with Crippen molar-refractivity contribution in [2.75, 3.05) is 5.75 Å². The molecule has 0 spiro atoms. The summed E-state index contributed by atoms with van der Waals surface area (Å²) in [7, 11) is 0. The van der Waals surface area contributed by atoms with Crippen LogP contribution in [0.2, 0.25) is 0 Å². The van der Waals surface area contributed by atoms with Gasteiger partial charge in [0.1, 0.15) is 0 Å². The molecule has 1 atom stereocenters. The van der Waals surface area contributed by atoms with Crippen LogP contribution in [-0.4, -0.2) is 11.8 Å². The first-order chi connectivity index (χ1) is 7.68. The molecule has 1 aromatic carbocycles. The maximum Gasteiger partial charge on any atom is 0.0184 e. The van der Waals surface area contributed by atoms with Gasteiger partial charge in [-0.25, -0.2) is 0 Å². The van der Waals surface area contributed by atoms with Crippen LogP contribution in [0, 0.1) is 6.92 Å². The SMILES string of the molecule is Cc1cccc(CSCCCCC(C)N)c1. The number of rotatable bonds is 7.